The fraction of sp³-hybridized carbons (Fsp3) is 0.176. The topological polar surface area (TPSA) is 69.2 Å². The second-order valence-corrected chi connectivity index (χ2v) is 5.49. The standard InChI is InChI=1S/C17H17N3O2/c1-10-18-14-6-4-11(9-15(14)19-10)13-8-12(5-7-16(13)21)17(22)20(2)3/h4-9,21H,1-3H3,(H,18,19). The van der Waals surface area contributed by atoms with E-state index in [2.05, 4.69) is 9.97 Å². The molecule has 0 aliphatic carbocycles. The maximum atomic E-state index is 12.1. The van der Waals surface area contributed by atoms with Gasteiger partial charge in [-0.3, -0.25) is 4.79 Å². The number of imidazole rings is 1. The number of fused-ring (bicyclic) bond motifs is 1. The number of H-pyrrole nitrogens is 1. The Morgan fingerprint density at radius 1 is 1.18 bits per heavy atom. The van der Waals surface area contributed by atoms with E-state index in [9.17, 15) is 9.90 Å². The molecule has 1 aromatic heterocycles. The van der Waals surface area contributed by atoms with Gasteiger partial charge in [0.15, 0.2) is 0 Å². The van der Waals surface area contributed by atoms with Crippen LogP contribution in [-0.4, -0.2) is 40.0 Å². The van der Waals surface area contributed by atoms with Crippen molar-refractivity contribution in [1.82, 2.24) is 14.9 Å². The molecular weight excluding hydrogens is 278 g/mol. The number of amides is 1. The highest BCUT2D eigenvalue weighted by atomic mass is 16.3. The fourth-order valence-electron chi connectivity index (χ4n) is 2.46. The van der Waals surface area contributed by atoms with E-state index in [0.29, 0.717) is 11.1 Å². The van der Waals surface area contributed by atoms with Gasteiger partial charge in [-0.25, -0.2) is 4.98 Å². The van der Waals surface area contributed by atoms with Crippen LogP contribution in [0.15, 0.2) is 36.4 Å². The number of benzene rings is 2. The maximum Gasteiger partial charge on any atom is 0.253 e. The van der Waals surface area contributed by atoms with Crippen LogP contribution in [-0.2, 0) is 0 Å². The molecule has 0 fully saturated rings. The molecule has 0 radical (unpaired) electrons. The molecule has 0 saturated heterocycles. The van der Waals surface area contributed by atoms with Gasteiger partial charge in [-0.05, 0) is 42.8 Å². The van der Waals surface area contributed by atoms with Crippen LogP contribution in [0, 0.1) is 6.92 Å². The normalized spacial score (nSPS) is 10.9. The molecule has 5 heteroatoms. The number of hydrogen-bond acceptors (Lipinski definition) is 3. The van der Waals surface area contributed by atoms with Gasteiger partial charge in [0.05, 0.1) is 11.0 Å². The number of aromatic nitrogens is 2. The van der Waals surface area contributed by atoms with E-state index in [1.165, 1.54) is 4.90 Å². The number of aromatic hydroxyl groups is 1. The lowest BCUT2D eigenvalue weighted by molar-refractivity contribution is 0.0827. The van der Waals surface area contributed by atoms with Crippen molar-refractivity contribution in [2.24, 2.45) is 0 Å². The van der Waals surface area contributed by atoms with Gasteiger partial charge < -0.3 is 15.0 Å². The van der Waals surface area contributed by atoms with Gasteiger partial charge in [0, 0.05) is 25.2 Å². The summed E-state index contributed by atoms with van der Waals surface area (Å²) in [6.45, 7) is 1.90. The Hall–Kier alpha value is -2.82. The molecule has 1 heterocycles. The highest BCUT2D eigenvalue weighted by Crippen LogP contribution is 2.32. The molecule has 0 atom stereocenters. The van der Waals surface area contributed by atoms with E-state index < -0.39 is 0 Å². The van der Waals surface area contributed by atoms with Crippen molar-refractivity contribution in [3.05, 3.63) is 47.8 Å². The van der Waals surface area contributed by atoms with Crippen molar-refractivity contribution in [3.8, 4) is 16.9 Å². The number of carbonyl (C=O) groups is 1. The van der Waals surface area contributed by atoms with Crippen LogP contribution in [0.3, 0.4) is 0 Å². The van der Waals surface area contributed by atoms with Gasteiger partial charge in [0.25, 0.3) is 5.91 Å². The van der Waals surface area contributed by atoms with Crippen molar-refractivity contribution < 1.29 is 9.90 Å². The zero-order chi connectivity index (χ0) is 15.9. The van der Waals surface area contributed by atoms with E-state index >= 15 is 0 Å². The summed E-state index contributed by atoms with van der Waals surface area (Å²) in [6, 6.07) is 10.6. The molecule has 0 unspecified atom stereocenters. The van der Waals surface area contributed by atoms with Crippen LogP contribution in [0.4, 0.5) is 0 Å². The number of phenolic OH excluding ortho intramolecular Hbond substituents is 1. The predicted octanol–water partition coefficient (Wildman–Crippen LogP) is 2.95. The van der Waals surface area contributed by atoms with Crippen LogP contribution in [0.1, 0.15) is 16.2 Å². The summed E-state index contributed by atoms with van der Waals surface area (Å²) in [5.41, 5.74) is 3.76. The van der Waals surface area contributed by atoms with E-state index in [4.69, 9.17) is 0 Å². The third kappa shape index (κ3) is 2.41. The zero-order valence-electron chi connectivity index (χ0n) is 12.7. The molecule has 1 amide bonds. The van der Waals surface area contributed by atoms with Gasteiger partial charge in [-0.2, -0.15) is 0 Å². The van der Waals surface area contributed by atoms with E-state index in [1.807, 2.05) is 25.1 Å². The molecule has 3 rings (SSSR count). The van der Waals surface area contributed by atoms with E-state index in [-0.39, 0.29) is 11.7 Å². The van der Waals surface area contributed by atoms with Crippen LogP contribution < -0.4 is 0 Å². The maximum absolute atomic E-state index is 12.1. The second kappa shape index (κ2) is 5.18. The monoisotopic (exact) mass is 295 g/mol. The van der Waals surface area contributed by atoms with Gasteiger partial charge >= 0.3 is 0 Å². The smallest absolute Gasteiger partial charge is 0.253 e. The minimum absolute atomic E-state index is 0.0991. The molecule has 0 saturated carbocycles. The Morgan fingerprint density at radius 2 is 1.95 bits per heavy atom. The Morgan fingerprint density at radius 3 is 2.68 bits per heavy atom. The number of nitrogens with one attached hydrogen (secondary N) is 1. The van der Waals surface area contributed by atoms with Gasteiger partial charge in [0.1, 0.15) is 11.6 Å². The van der Waals surface area contributed by atoms with E-state index in [0.717, 1.165) is 22.4 Å². The Bertz CT molecular complexity index is 865. The van der Waals surface area contributed by atoms with Crippen molar-refractivity contribution >= 4 is 16.9 Å². The Balaban J connectivity index is 2.12. The molecule has 0 aliphatic heterocycles. The number of phenols is 1. The molecule has 0 spiro atoms. The summed E-state index contributed by atoms with van der Waals surface area (Å²) in [5, 5.41) is 10.1. The number of rotatable bonds is 2. The molecule has 0 aliphatic rings. The first-order valence-corrected chi connectivity index (χ1v) is 6.97. The summed E-state index contributed by atoms with van der Waals surface area (Å²) in [5.74, 6) is 0.882. The third-order valence-corrected chi connectivity index (χ3v) is 3.56. The third-order valence-electron chi connectivity index (χ3n) is 3.56. The Labute approximate surface area is 128 Å². The SMILES string of the molecule is Cc1nc2cc(-c3cc(C(=O)N(C)C)ccc3O)ccc2[nH]1. The first-order chi connectivity index (χ1) is 10.5. The van der Waals surface area contributed by atoms with Crippen LogP contribution in [0.2, 0.25) is 0 Å². The molecule has 5 nitrogen and oxygen atoms in total. The zero-order valence-corrected chi connectivity index (χ0v) is 12.7. The molecule has 112 valence electrons. The van der Waals surface area contributed by atoms with Gasteiger partial charge in [0.2, 0.25) is 0 Å². The summed E-state index contributed by atoms with van der Waals surface area (Å²) in [7, 11) is 3.40. The predicted molar refractivity (Wildman–Crippen MR) is 85.9 cm³/mol. The van der Waals surface area contributed by atoms with Gasteiger partial charge in [-0.1, -0.05) is 6.07 Å². The highest BCUT2D eigenvalue weighted by molar-refractivity contribution is 5.96. The minimum atomic E-state index is -0.0991. The lowest BCUT2D eigenvalue weighted by atomic mass is 10.0. The number of aryl methyl sites for hydroxylation is 1. The first-order valence-electron chi connectivity index (χ1n) is 6.97. The fourth-order valence-corrected chi connectivity index (χ4v) is 2.46. The molecular formula is C17H17N3O2. The van der Waals surface area contributed by atoms with Crippen molar-refractivity contribution in [3.63, 3.8) is 0 Å². The van der Waals surface area contributed by atoms with E-state index in [1.54, 1.807) is 32.3 Å². The molecule has 2 aromatic carbocycles. The average Bonchev–Trinajstić information content (AvgIpc) is 2.86. The van der Waals surface area contributed by atoms with Crippen molar-refractivity contribution in [1.29, 1.82) is 0 Å². The first kappa shape index (κ1) is 14.1. The highest BCUT2D eigenvalue weighted by Gasteiger charge is 2.13. The molecule has 3 aromatic rings. The molecule has 2 N–H and O–H groups in total. The summed E-state index contributed by atoms with van der Waals surface area (Å²) in [6.07, 6.45) is 0. The average molecular weight is 295 g/mol. The molecule has 22 heavy (non-hydrogen) atoms. The van der Waals surface area contributed by atoms with Gasteiger partial charge in [-0.15, -0.1) is 0 Å². The largest absolute Gasteiger partial charge is 0.507 e. The summed E-state index contributed by atoms with van der Waals surface area (Å²) >= 11 is 0. The summed E-state index contributed by atoms with van der Waals surface area (Å²) < 4.78 is 0. The van der Waals surface area contributed by atoms with Crippen LogP contribution >= 0.6 is 0 Å². The lowest BCUT2D eigenvalue weighted by Crippen LogP contribution is -2.21. The number of aromatic amines is 1. The molecule has 0 bridgehead atoms. The number of hydrogen-bond donors (Lipinski definition) is 2. The Kier molecular flexibility index (Phi) is 3.33. The number of nitrogens with zero attached hydrogens (tertiary/aromatic N) is 2. The number of carbonyl (C=O) groups excluding carboxylic acids is 1. The van der Waals surface area contributed by atoms with Crippen molar-refractivity contribution in [2.45, 2.75) is 6.92 Å². The van der Waals surface area contributed by atoms with Crippen LogP contribution in [0.25, 0.3) is 22.2 Å². The van der Waals surface area contributed by atoms with Crippen molar-refractivity contribution in [2.75, 3.05) is 14.1 Å². The van der Waals surface area contributed by atoms with Crippen LogP contribution in [0.5, 0.6) is 5.75 Å². The lowest BCUT2D eigenvalue weighted by Gasteiger charge is -2.12. The minimum Gasteiger partial charge on any atom is -0.507 e. The summed E-state index contributed by atoms with van der Waals surface area (Å²) in [4.78, 5) is 21.2. The second-order valence-electron chi connectivity index (χ2n) is 5.49. The quantitative estimate of drug-likeness (QED) is 0.763.